The van der Waals surface area contributed by atoms with Gasteiger partial charge in [-0.05, 0) is 36.8 Å². The first-order chi connectivity index (χ1) is 10.1. The molecule has 2 aromatic carbocycles. The van der Waals surface area contributed by atoms with E-state index in [0.717, 1.165) is 5.56 Å². The third kappa shape index (κ3) is 4.38. The van der Waals surface area contributed by atoms with Crippen LogP contribution in [0.5, 0.6) is 5.75 Å². The Morgan fingerprint density at radius 1 is 1.19 bits per heavy atom. The second-order valence-electron chi connectivity index (χ2n) is 4.39. The normalized spacial score (nSPS) is 10.2. The predicted molar refractivity (Wildman–Crippen MR) is 86.4 cm³/mol. The van der Waals surface area contributed by atoms with E-state index in [4.69, 9.17) is 27.9 Å². The molecule has 2 aromatic rings. The topological polar surface area (TPSA) is 38.3 Å². The minimum atomic E-state index is -0.161. The molecule has 0 radical (unpaired) electrons. The van der Waals surface area contributed by atoms with Gasteiger partial charge in [0.05, 0.1) is 18.7 Å². The quantitative estimate of drug-likeness (QED) is 0.875. The molecular weight excluding hydrogens is 309 g/mol. The van der Waals surface area contributed by atoms with E-state index in [1.165, 1.54) is 0 Å². The highest BCUT2D eigenvalue weighted by molar-refractivity contribution is 6.35. The van der Waals surface area contributed by atoms with E-state index in [1.807, 2.05) is 25.1 Å². The molecule has 3 nitrogen and oxygen atoms in total. The van der Waals surface area contributed by atoms with Crippen LogP contribution in [0, 0.1) is 0 Å². The standard InChI is InChI=1S/C16H15Cl2NO2/c1-2-21-15-6-4-3-5-14(15)19-16(20)9-11-7-8-12(17)10-13(11)18/h3-8,10H,2,9H2,1H3,(H,19,20). The summed E-state index contributed by atoms with van der Waals surface area (Å²) in [5, 5.41) is 3.86. The number of halogens is 2. The van der Waals surface area contributed by atoms with Gasteiger partial charge in [-0.3, -0.25) is 4.79 Å². The number of para-hydroxylation sites is 2. The number of amides is 1. The predicted octanol–water partition coefficient (Wildman–Crippen LogP) is 4.57. The number of ether oxygens (including phenoxy) is 1. The lowest BCUT2D eigenvalue weighted by Gasteiger charge is -2.11. The Labute approximate surface area is 133 Å². The molecule has 0 heterocycles. The molecule has 0 saturated heterocycles. The van der Waals surface area contributed by atoms with Crippen LogP contribution in [0.2, 0.25) is 10.0 Å². The van der Waals surface area contributed by atoms with Crippen LogP contribution < -0.4 is 10.1 Å². The van der Waals surface area contributed by atoms with Crippen LogP contribution in [0.1, 0.15) is 12.5 Å². The van der Waals surface area contributed by atoms with Crippen LogP contribution in [0.15, 0.2) is 42.5 Å². The van der Waals surface area contributed by atoms with Gasteiger partial charge in [-0.15, -0.1) is 0 Å². The Morgan fingerprint density at radius 3 is 2.67 bits per heavy atom. The summed E-state index contributed by atoms with van der Waals surface area (Å²) < 4.78 is 5.47. The lowest BCUT2D eigenvalue weighted by Crippen LogP contribution is -2.15. The van der Waals surface area contributed by atoms with E-state index in [1.54, 1.807) is 24.3 Å². The van der Waals surface area contributed by atoms with Gasteiger partial charge in [-0.25, -0.2) is 0 Å². The van der Waals surface area contributed by atoms with Crippen molar-refractivity contribution >= 4 is 34.8 Å². The Hall–Kier alpha value is -1.71. The van der Waals surface area contributed by atoms with Crippen LogP contribution in [0.3, 0.4) is 0 Å². The maximum absolute atomic E-state index is 12.1. The van der Waals surface area contributed by atoms with Crippen molar-refractivity contribution in [2.24, 2.45) is 0 Å². The zero-order valence-corrected chi connectivity index (χ0v) is 13.0. The van der Waals surface area contributed by atoms with Gasteiger partial charge in [0.15, 0.2) is 0 Å². The summed E-state index contributed by atoms with van der Waals surface area (Å²) in [5.74, 6) is 0.488. The number of rotatable bonds is 5. The Morgan fingerprint density at radius 2 is 1.95 bits per heavy atom. The van der Waals surface area contributed by atoms with Gasteiger partial charge in [0.1, 0.15) is 5.75 Å². The molecule has 21 heavy (non-hydrogen) atoms. The molecule has 0 saturated carbocycles. The molecule has 1 N–H and O–H groups in total. The van der Waals surface area contributed by atoms with Gasteiger partial charge in [-0.1, -0.05) is 41.4 Å². The van der Waals surface area contributed by atoms with E-state index >= 15 is 0 Å². The SMILES string of the molecule is CCOc1ccccc1NC(=O)Cc1ccc(Cl)cc1Cl. The molecule has 1 amide bonds. The molecule has 0 aliphatic rings. The van der Waals surface area contributed by atoms with Crippen LogP contribution in [0.4, 0.5) is 5.69 Å². The van der Waals surface area contributed by atoms with E-state index in [-0.39, 0.29) is 12.3 Å². The van der Waals surface area contributed by atoms with E-state index in [2.05, 4.69) is 5.32 Å². The molecule has 2 rings (SSSR count). The summed E-state index contributed by atoms with van der Waals surface area (Å²) in [5.41, 5.74) is 1.38. The van der Waals surface area contributed by atoms with Crippen molar-refractivity contribution in [1.29, 1.82) is 0 Å². The summed E-state index contributed by atoms with van der Waals surface area (Å²) in [6.07, 6.45) is 0.177. The van der Waals surface area contributed by atoms with Gasteiger partial charge in [0.2, 0.25) is 5.91 Å². The number of carbonyl (C=O) groups excluding carboxylic acids is 1. The fourth-order valence-corrected chi connectivity index (χ4v) is 2.36. The zero-order valence-electron chi connectivity index (χ0n) is 11.5. The largest absolute Gasteiger partial charge is 0.492 e. The molecule has 5 heteroatoms. The minimum absolute atomic E-state index is 0.161. The summed E-state index contributed by atoms with van der Waals surface area (Å²) >= 11 is 11.9. The zero-order chi connectivity index (χ0) is 15.2. The monoisotopic (exact) mass is 323 g/mol. The smallest absolute Gasteiger partial charge is 0.228 e. The van der Waals surface area contributed by atoms with E-state index in [9.17, 15) is 4.79 Å². The molecular formula is C16H15Cl2NO2. The highest BCUT2D eigenvalue weighted by Crippen LogP contribution is 2.25. The molecule has 0 fully saturated rings. The summed E-state index contributed by atoms with van der Waals surface area (Å²) in [6.45, 7) is 2.43. The first kappa shape index (κ1) is 15.7. The molecule has 110 valence electrons. The molecule has 0 aromatic heterocycles. The van der Waals surface area contributed by atoms with Crippen molar-refractivity contribution in [3.63, 3.8) is 0 Å². The highest BCUT2D eigenvalue weighted by atomic mass is 35.5. The fourth-order valence-electron chi connectivity index (χ4n) is 1.88. The average molecular weight is 324 g/mol. The number of hydrogen-bond acceptors (Lipinski definition) is 2. The van der Waals surface area contributed by atoms with E-state index < -0.39 is 0 Å². The fraction of sp³-hybridized carbons (Fsp3) is 0.188. The number of carbonyl (C=O) groups is 1. The first-order valence-electron chi connectivity index (χ1n) is 6.55. The van der Waals surface area contributed by atoms with Crippen LogP contribution in [-0.4, -0.2) is 12.5 Å². The van der Waals surface area contributed by atoms with Gasteiger partial charge >= 0.3 is 0 Å². The number of benzene rings is 2. The van der Waals surface area contributed by atoms with Gasteiger partial charge in [0, 0.05) is 10.0 Å². The van der Waals surface area contributed by atoms with Gasteiger partial charge < -0.3 is 10.1 Å². The van der Waals surface area contributed by atoms with Crippen molar-refractivity contribution in [3.8, 4) is 5.75 Å². The Balaban J connectivity index is 2.08. The molecule has 0 bridgehead atoms. The first-order valence-corrected chi connectivity index (χ1v) is 7.31. The second-order valence-corrected chi connectivity index (χ2v) is 5.23. The maximum Gasteiger partial charge on any atom is 0.228 e. The van der Waals surface area contributed by atoms with Crippen LogP contribution in [-0.2, 0) is 11.2 Å². The van der Waals surface area contributed by atoms with Crippen molar-refractivity contribution < 1.29 is 9.53 Å². The third-order valence-corrected chi connectivity index (χ3v) is 3.41. The number of anilines is 1. The highest BCUT2D eigenvalue weighted by Gasteiger charge is 2.10. The lowest BCUT2D eigenvalue weighted by atomic mass is 10.1. The second kappa shape index (κ2) is 7.34. The number of nitrogens with one attached hydrogen (secondary N) is 1. The average Bonchev–Trinajstić information content (AvgIpc) is 2.44. The summed E-state index contributed by atoms with van der Waals surface area (Å²) in [4.78, 5) is 12.1. The Bertz CT molecular complexity index is 644. The lowest BCUT2D eigenvalue weighted by molar-refractivity contribution is -0.115. The van der Waals surface area contributed by atoms with Gasteiger partial charge in [0.25, 0.3) is 0 Å². The summed E-state index contributed by atoms with van der Waals surface area (Å²) in [7, 11) is 0. The molecule has 0 spiro atoms. The Kier molecular flexibility index (Phi) is 5.48. The molecule has 0 aliphatic heterocycles. The van der Waals surface area contributed by atoms with Crippen molar-refractivity contribution in [2.45, 2.75) is 13.3 Å². The van der Waals surface area contributed by atoms with E-state index in [0.29, 0.717) is 28.1 Å². The molecule has 0 atom stereocenters. The van der Waals surface area contributed by atoms with Crippen molar-refractivity contribution in [2.75, 3.05) is 11.9 Å². The van der Waals surface area contributed by atoms with Crippen LogP contribution >= 0.6 is 23.2 Å². The molecule has 0 aliphatic carbocycles. The maximum atomic E-state index is 12.1. The van der Waals surface area contributed by atoms with Gasteiger partial charge in [-0.2, -0.15) is 0 Å². The minimum Gasteiger partial charge on any atom is -0.492 e. The summed E-state index contributed by atoms with van der Waals surface area (Å²) in [6, 6.07) is 12.4. The van der Waals surface area contributed by atoms with Crippen molar-refractivity contribution in [3.05, 3.63) is 58.1 Å². The number of hydrogen-bond donors (Lipinski definition) is 1. The third-order valence-electron chi connectivity index (χ3n) is 2.83. The van der Waals surface area contributed by atoms with Crippen LogP contribution in [0.25, 0.3) is 0 Å². The van der Waals surface area contributed by atoms with Crippen molar-refractivity contribution in [1.82, 2.24) is 0 Å². The molecule has 0 unspecified atom stereocenters.